The maximum Gasteiger partial charge on any atom is 0.324 e. The van der Waals surface area contributed by atoms with Gasteiger partial charge in [0.25, 0.3) is 0 Å². The van der Waals surface area contributed by atoms with E-state index in [-0.39, 0.29) is 5.91 Å². The largest absolute Gasteiger partial charge is 0.457 e. The zero-order valence-corrected chi connectivity index (χ0v) is 22.0. The van der Waals surface area contributed by atoms with Crippen molar-refractivity contribution in [3.05, 3.63) is 90.9 Å². The van der Waals surface area contributed by atoms with E-state index in [1.165, 1.54) is 0 Å². The standard InChI is InChI=1S/C29H31N7O4/c37-28(31-15-16-35-17-19-39-20-18-35)21-22-1-5-24(6-2-22)36-27(11-14-32-36)34-29(38)33-23-3-7-25(8-4-23)40-26-9-12-30-13-10-26/h1-14H,15-21H2,(H,31,37)(H2,33,34,38). The van der Waals surface area contributed by atoms with Crippen LogP contribution in [0.2, 0.25) is 0 Å². The number of hydrogen-bond donors (Lipinski definition) is 3. The molecule has 2 aromatic heterocycles. The molecule has 0 radical (unpaired) electrons. The molecule has 4 aromatic rings. The van der Waals surface area contributed by atoms with Crippen LogP contribution in [0.5, 0.6) is 11.5 Å². The first-order chi connectivity index (χ1) is 19.6. The van der Waals surface area contributed by atoms with Crippen molar-refractivity contribution in [3.8, 4) is 17.2 Å². The number of rotatable bonds is 10. The Hall–Kier alpha value is -4.74. The molecule has 0 saturated carbocycles. The molecule has 0 spiro atoms. The number of carbonyl (C=O) groups excluding carboxylic acids is 2. The lowest BCUT2D eigenvalue weighted by molar-refractivity contribution is -0.120. The van der Waals surface area contributed by atoms with Crippen LogP contribution < -0.4 is 20.7 Å². The molecule has 206 valence electrons. The van der Waals surface area contributed by atoms with Gasteiger partial charge in [-0.1, -0.05) is 12.1 Å². The fourth-order valence-corrected chi connectivity index (χ4v) is 4.21. The summed E-state index contributed by atoms with van der Waals surface area (Å²) in [6.07, 6.45) is 5.21. The van der Waals surface area contributed by atoms with Crippen molar-refractivity contribution in [1.82, 2.24) is 25.0 Å². The highest BCUT2D eigenvalue weighted by atomic mass is 16.5. The number of morpholine rings is 1. The molecule has 3 N–H and O–H groups in total. The van der Waals surface area contributed by atoms with Crippen molar-refractivity contribution in [3.63, 3.8) is 0 Å². The Kier molecular flexibility index (Phi) is 8.97. The average molecular weight is 542 g/mol. The van der Waals surface area contributed by atoms with Crippen LogP contribution >= 0.6 is 0 Å². The number of ether oxygens (including phenoxy) is 2. The van der Waals surface area contributed by atoms with E-state index in [2.05, 4.69) is 30.9 Å². The van der Waals surface area contributed by atoms with E-state index in [4.69, 9.17) is 9.47 Å². The second kappa shape index (κ2) is 13.4. The molecule has 0 unspecified atom stereocenters. The minimum absolute atomic E-state index is 0.0175. The molecule has 2 aromatic carbocycles. The number of anilines is 2. The van der Waals surface area contributed by atoms with E-state index >= 15 is 0 Å². The molecule has 3 amide bonds. The maximum atomic E-state index is 12.6. The SMILES string of the molecule is O=C(Cc1ccc(-n2nccc2NC(=O)Nc2ccc(Oc3ccncc3)cc2)cc1)NCCN1CCOCC1. The normalized spacial score (nSPS) is 13.4. The van der Waals surface area contributed by atoms with Gasteiger partial charge in [0, 0.05) is 50.3 Å². The second-order valence-electron chi connectivity index (χ2n) is 9.16. The predicted molar refractivity (Wildman–Crippen MR) is 151 cm³/mol. The number of hydrogen-bond acceptors (Lipinski definition) is 7. The highest BCUT2D eigenvalue weighted by molar-refractivity contribution is 5.99. The van der Waals surface area contributed by atoms with Gasteiger partial charge in [-0.3, -0.25) is 20.0 Å². The van der Waals surface area contributed by atoms with Crippen LogP contribution in [0.1, 0.15) is 5.56 Å². The summed E-state index contributed by atoms with van der Waals surface area (Å²) in [5, 5.41) is 12.9. The van der Waals surface area contributed by atoms with Gasteiger partial charge in [-0.25, -0.2) is 9.48 Å². The fraction of sp³-hybridized carbons (Fsp3) is 0.241. The van der Waals surface area contributed by atoms with Crippen molar-refractivity contribution in [2.24, 2.45) is 0 Å². The molecule has 0 atom stereocenters. The molecular weight excluding hydrogens is 510 g/mol. The summed E-state index contributed by atoms with van der Waals surface area (Å²) in [6.45, 7) is 4.73. The smallest absolute Gasteiger partial charge is 0.324 e. The quantitative estimate of drug-likeness (QED) is 0.280. The molecular formula is C29H31N7O4. The fourth-order valence-electron chi connectivity index (χ4n) is 4.21. The Balaban J connectivity index is 1.10. The Labute approximate surface area is 232 Å². The van der Waals surface area contributed by atoms with E-state index < -0.39 is 6.03 Å². The van der Waals surface area contributed by atoms with Crippen LogP contribution in [0.4, 0.5) is 16.3 Å². The summed E-state index contributed by atoms with van der Waals surface area (Å²) in [6, 6.07) is 19.4. The topological polar surface area (TPSA) is 123 Å². The highest BCUT2D eigenvalue weighted by Gasteiger charge is 2.12. The van der Waals surface area contributed by atoms with Gasteiger partial charge in [0.2, 0.25) is 5.91 Å². The third-order valence-corrected chi connectivity index (χ3v) is 6.28. The first-order valence-electron chi connectivity index (χ1n) is 13.1. The lowest BCUT2D eigenvalue weighted by Crippen LogP contribution is -2.41. The van der Waals surface area contributed by atoms with Gasteiger partial charge in [-0.15, -0.1) is 0 Å². The lowest BCUT2D eigenvalue weighted by Gasteiger charge is -2.26. The summed E-state index contributed by atoms with van der Waals surface area (Å²) in [4.78, 5) is 31.3. The van der Waals surface area contributed by atoms with Crippen LogP contribution in [0.3, 0.4) is 0 Å². The van der Waals surface area contributed by atoms with Crippen LogP contribution in [0.25, 0.3) is 5.69 Å². The number of pyridine rings is 1. The lowest BCUT2D eigenvalue weighted by atomic mass is 10.1. The van der Waals surface area contributed by atoms with Crippen molar-refractivity contribution < 1.29 is 19.1 Å². The average Bonchev–Trinajstić information content (AvgIpc) is 3.43. The van der Waals surface area contributed by atoms with Crippen molar-refractivity contribution >= 4 is 23.4 Å². The van der Waals surface area contributed by atoms with Gasteiger partial charge < -0.3 is 20.1 Å². The molecule has 0 aliphatic carbocycles. The maximum absolute atomic E-state index is 12.6. The number of amides is 3. The summed E-state index contributed by atoms with van der Waals surface area (Å²) >= 11 is 0. The van der Waals surface area contributed by atoms with Crippen LogP contribution in [0.15, 0.2) is 85.3 Å². The zero-order chi connectivity index (χ0) is 27.6. The molecule has 11 heteroatoms. The van der Waals surface area contributed by atoms with Crippen molar-refractivity contribution in [1.29, 1.82) is 0 Å². The molecule has 1 fully saturated rings. The molecule has 5 rings (SSSR count). The highest BCUT2D eigenvalue weighted by Crippen LogP contribution is 2.22. The molecule has 1 aliphatic heterocycles. The monoisotopic (exact) mass is 541 g/mol. The van der Waals surface area contributed by atoms with Gasteiger partial charge in [0.1, 0.15) is 17.3 Å². The summed E-state index contributed by atoms with van der Waals surface area (Å²) in [5.41, 5.74) is 2.26. The molecule has 0 bridgehead atoms. The summed E-state index contributed by atoms with van der Waals surface area (Å²) in [5.74, 6) is 1.81. The number of carbonyl (C=O) groups is 2. The summed E-state index contributed by atoms with van der Waals surface area (Å²) < 4.78 is 12.7. The molecule has 11 nitrogen and oxygen atoms in total. The van der Waals surface area contributed by atoms with Gasteiger partial charge in [0.05, 0.1) is 31.5 Å². The van der Waals surface area contributed by atoms with E-state index in [9.17, 15) is 9.59 Å². The number of nitrogens with zero attached hydrogens (tertiary/aromatic N) is 4. The molecule has 40 heavy (non-hydrogen) atoms. The van der Waals surface area contributed by atoms with Crippen LogP contribution in [0, 0.1) is 0 Å². The number of nitrogens with one attached hydrogen (secondary N) is 3. The van der Waals surface area contributed by atoms with Gasteiger partial charge in [-0.2, -0.15) is 5.10 Å². The van der Waals surface area contributed by atoms with Gasteiger partial charge >= 0.3 is 6.03 Å². The minimum Gasteiger partial charge on any atom is -0.457 e. The van der Waals surface area contributed by atoms with Crippen molar-refractivity contribution in [2.75, 3.05) is 50.0 Å². The number of benzene rings is 2. The Morgan fingerprint density at radius 2 is 1.57 bits per heavy atom. The second-order valence-corrected chi connectivity index (χ2v) is 9.16. The molecule has 1 saturated heterocycles. The molecule has 3 heterocycles. The van der Waals surface area contributed by atoms with Gasteiger partial charge in [-0.05, 0) is 54.1 Å². The van der Waals surface area contributed by atoms with Crippen LogP contribution in [-0.2, 0) is 16.0 Å². The molecule has 1 aliphatic rings. The zero-order valence-electron chi connectivity index (χ0n) is 22.0. The van der Waals surface area contributed by atoms with Crippen molar-refractivity contribution in [2.45, 2.75) is 6.42 Å². The Bertz CT molecular complexity index is 1390. The summed E-state index contributed by atoms with van der Waals surface area (Å²) in [7, 11) is 0. The van der Waals surface area contributed by atoms with E-state index in [1.54, 1.807) is 65.7 Å². The predicted octanol–water partition coefficient (Wildman–Crippen LogP) is 3.69. The third-order valence-electron chi connectivity index (χ3n) is 6.28. The minimum atomic E-state index is -0.407. The number of aromatic nitrogens is 3. The van der Waals surface area contributed by atoms with Gasteiger partial charge in [0.15, 0.2) is 0 Å². The van der Waals surface area contributed by atoms with E-state index in [1.807, 2.05) is 24.3 Å². The Morgan fingerprint density at radius 3 is 2.33 bits per heavy atom. The van der Waals surface area contributed by atoms with E-state index in [0.29, 0.717) is 36.0 Å². The Morgan fingerprint density at radius 1 is 0.850 bits per heavy atom. The number of urea groups is 1. The first kappa shape index (κ1) is 26.9. The third kappa shape index (κ3) is 7.65. The van der Waals surface area contributed by atoms with Crippen LogP contribution in [-0.4, -0.2) is 71.0 Å². The van der Waals surface area contributed by atoms with E-state index in [0.717, 1.165) is 44.1 Å². The first-order valence-corrected chi connectivity index (χ1v) is 13.1.